The summed E-state index contributed by atoms with van der Waals surface area (Å²) in [7, 11) is 0. The van der Waals surface area contributed by atoms with Gasteiger partial charge in [-0.2, -0.15) is 5.10 Å². The maximum absolute atomic E-state index is 13.1. The van der Waals surface area contributed by atoms with Crippen molar-refractivity contribution < 1.29 is 4.79 Å². The molecule has 1 saturated heterocycles. The Morgan fingerprint density at radius 3 is 2.92 bits per heavy atom. The number of nitrogens with zero attached hydrogens (tertiary/aromatic N) is 3. The molecule has 1 saturated carbocycles. The summed E-state index contributed by atoms with van der Waals surface area (Å²) in [4.78, 5) is 15.0. The SMILES string of the molecule is O=C(c1ccn(C2CCCNC2)n1)N1CC2(CC2)c2ccccc21. The molecular weight excluding hydrogens is 300 g/mol. The molecule has 5 nitrogen and oxygen atoms in total. The second-order valence-corrected chi connectivity index (χ2v) is 7.37. The number of piperidine rings is 1. The molecule has 124 valence electrons. The molecule has 1 aromatic carbocycles. The first-order chi connectivity index (χ1) is 11.8. The molecular formula is C19H22N4O. The molecule has 2 fully saturated rings. The Kier molecular flexibility index (Phi) is 3.07. The molecule has 5 heteroatoms. The molecule has 24 heavy (non-hydrogen) atoms. The van der Waals surface area contributed by atoms with E-state index >= 15 is 0 Å². The Morgan fingerprint density at radius 2 is 2.12 bits per heavy atom. The summed E-state index contributed by atoms with van der Waals surface area (Å²) in [6.07, 6.45) is 6.62. The number of aromatic nitrogens is 2. The van der Waals surface area contributed by atoms with Crippen LogP contribution in [0.1, 0.15) is 47.8 Å². The van der Waals surface area contributed by atoms with E-state index in [2.05, 4.69) is 28.6 Å². The van der Waals surface area contributed by atoms with Crippen molar-refractivity contribution in [3.8, 4) is 0 Å². The van der Waals surface area contributed by atoms with E-state index in [-0.39, 0.29) is 11.3 Å². The van der Waals surface area contributed by atoms with Crippen LogP contribution in [-0.4, -0.2) is 35.3 Å². The van der Waals surface area contributed by atoms with E-state index in [1.54, 1.807) is 0 Å². The zero-order valence-corrected chi connectivity index (χ0v) is 13.7. The summed E-state index contributed by atoms with van der Waals surface area (Å²) in [5.41, 5.74) is 3.21. The van der Waals surface area contributed by atoms with E-state index < -0.39 is 0 Å². The van der Waals surface area contributed by atoms with Crippen molar-refractivity contribution in [2.45, 2.75) is 37.1 Å². The van der Waals surface area contributed by atoms with Crippen LogP contribution in [0, 0.1) is 0 Å². The minimum atomic E-state index is 0.0359. The van der Waals surface area contributed by atoms with Crippen molar-refractivity contribution in [1.82, 2.24) is 15.1 Å². The van der Waals surface area contributed by atoms with E-state index in [0.717, 1.165) is 38.2 Å². The van der Waals surface area contributed by atoms with Gasteiger partial charge in [0.05, 0.1) is 6.04 Å². The lowest BCUT2D eigenvalue weighted by atomic mass is 9.99. The third-order valence-electron chi connectivity index (χ3n) is 5.80. The van der Waals surface area contributed by atoms with Crippen LogP contribution >= 0.6 is 0 Å². The number of carbonyl (C=O) groups is 1. The summed E-state index contributed by atoms with van der Waals surface area (Å²) in [5.74, 6) is 0.0359. The molecule has 1 aliphatic carbocycles. The lowest BCUT2D eigenvalue weighted by Crippen LogP contribution is -2.33. The van der Waals surface area contributed by atoms with Gasteiger partial charge in [0.25, 0.3) is 5.91 Å². The van der Waals surface area contributed by atoms with Gasteiger partial charge in [0, 0.05) is 30.4 Å². The van der Waals surface area contributed by atoms with Crippen LogP contribution in [0.4, 0.5) is 5.69 Å². The molecule has 1 atom stereocenters. The molecule has 0 radical (unpaired) electrons. The number of benzene rings is 1. The Balaban J connectivity index is 1.42. The summed E-state index contributed by atoms with van der Waals surface area (Å²) < 4.78 is 1.97. The van der Waals surface area contributed by atoms with Crippen LogP contribution in [-0.2, 0) is 5.41 Å². The minimum Gasteiger partial charge on any atom is -0.315 e. The van der Waals surface area contributed by atoms with Crippen LogP contribution in [0.2, 0.25) is 0 Å². The second-order valence-electron chi connectivity index (χ2n) is 7.37. The first kappa shape index (κ1) is 14.2. The maximum Gasteiger partial charge on any atom is 0.278 e. The fourth-order valence-corrected chi connectivity index (χ4v) is 4.24. The van der Waals surface area contributed by atoms with Crippen LogP contribution in [0.5, 0.6) is 0 Å². The first-order valence-electron chi connectivity index (χ1n) is 8.94. The Bertz CT molecular complexity index is 786. The Labute approximate surface area is 141 Å². The van der Waals surface area contributed by atoms with Gasteiger partial charge in [-0.25, -0.2) is 0 Å². The number of amides is 1. The highest BCUT2D eigenvalue weighted by atomic mass is 16.2. The molecule has 1 unspecified atom stereocenters. The average Bonchev–Trinajstić information content (AvgIpc) is 3.12. The second kappa shape index (κ2) is 5.18. The van der Waals surface area contributed by atoms with Crippen molar-refractivity contribution >= 4 is 11.6 Å². The quantitative estimate of drug-likeness (QED) is 0.924. The zero-order chi connectivity index (χ0) is 16.1. The van der Waals surface area contributed by atoms with Gasteiger partial charge in [0.2, 0.25) is 0 Å². The van der Waals surface area contributed by atoms with Crippen molar-refractivity contribution in [1.29, 1.82) is 0 Å². The summed E-state index contributed by atoms with van der Waals surface area (Å²) >= 11 is 0. The predicted octanol–water partition coefficient (Wildman–Crippen LogP) is 2.50. The zero-order valence-electron chi connectivity index (χ0n) is 13.7. The molecule has 1 N–H and O–H groups in total. The molecule has 3 aliphatic rings. The van der Waals surface area contributed by atoms with E-state index in [4.69, 9.17) is 0 Å². The highest BCUT2D eigenvalue weighted by Crippen LogP contribution is 2.56. The van der Waals surface area contributed by atoms with E-state index in [9.17, 15) is 4.79 Å². The minimum absolute atomic E-state index is 0.0359. The predicted molar refractivity (Wildman–Crippen MR) is 92.4 cm³/mol. The van der Waals surface area contributed by atoms with Crippen LogP contribution in [0.3, 0.4) is 0 Å². The molecule has 2 aromatic rings. The van der Waals surface area contributed by atoms with Gasteiger partial charge in [-0.3, -0.25) is 9.48 Å². The standard InChI is InChI=1S/C19H22N4O/c24-18(16-7-11-23(21-16)14-4-3-10-20-12-14)22-13-19(8-9-19)15-5-1-2-6-17(15)22/h1-2,5-7,11,14,20H,3-4,8-10,12-13H2. The van der Waals surface area contributed by atoms with Crippen LogP contribution in [0.25, 0.3) is 0 Å². The third-order valence-corrected chi connectivity index (χ3v) is 5.80. The van der Waals surface area contributed by atoms with E-state index in [1.807, 2.05) is 27.9 Å². The normalized spacial score (nSPS) is 24.2. The third kappa shape index (κ3) is 2.11. The molecule has 3 heterocycles. The van der Waals surface area contributed by atoms with Crippen molar-refractivity contribution in [3.63, 3.8) is 0 Å². The van der Waals surface area contributed by atoms with Crippen LogP contribution in [0.15, 0.2) is 36.5 Å². The maximum atomic E-state index is 13.1. The number of carbonyl (C=O) groups excluding carboxylic acids is 1. The molecule has 1 amide bonds. The number of anilines is 1. The number of para-hydroxylation sites is 1. The summed E-state index contributed by atoms with van der Waals surface area (Å²) in [6.45, 7) is 2.82. The molecule has 1 aromatic heterocycles. The van der Waals surface area contributed by atoms with Gasteiger partial charge in [-0.05, 0) is 49.9 Å². The fourth-order valence-electron chi connectivity index (χ4n) is 4.24. The molecule has 2 aliphatic heterocycles. The smallest absolute Gasteiger partial charge is 0.278 e. The topological polar surface area (TPSA) is 50.2 Å². The van der Waals surface area contributed by atoms with E-state index in [0.29, 0.717) is 11.7 Å². The van der Waals surface area contributed by atoms with Gasteiger partial charge in [-0.1, -0.05) is 18.2 Å². The molecule has 1 spiro atoms. The highest BCUT2D eigenvalue weighted by molar-refractivity contribution is 6.06. The number of hydrogen-bond acceptors (Lipinski definition) is 3. The lowest BCUT2D eigenvalue weighted by molar-refractivity contribution is 0.0981. The Morgan fingerprint density at radius 1 is 1.25 bits per heavy atom. The summed E-state index contributed by atoms with van der Waals surface area (Å²) in [5, 5.41) is 8.01. The van der Waals surface area contributed by atoms with Crippen LogP contribution < -0.4 is 10.2 Å². The van der Waals surface area contributed by atoms with Crippen molar-refractivity contribution in [3.05, 3.63) is 47.8 Å². The monoisotopic (exact) mass is 322 g/mol. The number of rotatable bonds is 2. The number of hydrogen-bond donors (Lipinski definition) is 1. The average molecular weight is 322 g/mol. The fraction of sp³-hybridized carbons (Fsp3) is 0.474. The van der Waals surface area contributed by atoms with Crippen molar-refractivity contribution in [2.24, 2.45) is 0 Å². The summed E-state index contributed by atoms with van der Waals surface area (Å²) in [6, 6.07) is 10.6. The van der Waals surface area contributed by atoms with Crippen molar-refractivity contribution in [2.75, 3.05) is 24.5 Å². The number of fused-ring (bicyclic) bond motifs is 2. The molecule has 0 bridgehead atoms. The van der Waals surface area contributed by atoms with E-state index in [1.165, 1.54) is 18.4 Å². The van der Waals surface area contributed by atoms with Gasteiger partial charge < -0.3 is 10.2 Å². The largest absolute Gasteiger partial charge is 0.315 e. The Hall–Kier alpha value is -2.14. The highest BCUT2D eigenvalue weighted by Gasteiger charge is 2.53. The first-order valence-corrected chi connectivity index (χ1v) is 8.94. The van der Waals surface area contributed by atoms with Gasteiger partial charge in [0.1, 0.15) is 0 Å². The van der Waals surface area contributed by atoms with Gasteiger partial charge in [0.15, 0.2) is 5.69 Å². The lowest BCUT2D eigenvalue weighted by Gasteiger charge is -2.23. The molecule has 5 rings (SSSR count). The van der Waals surface area contributed by atoms with Gasteiger partial charge in [-0.15, -0.1) is 0 Å². The number of nitrogens with one attached hydrogen (secondary N) is 1. The van der Waals surface area contributed by atoms with Gasteiger partial charge >= 0.3 is 0 Å².